The average Bonchev–Trinajstić information content (AvgIpc) is 3.10. The summed E-state index contributed by atoms with van der Waals surface area (Å²) >= 11 is 0. The van der Waals surface area contributed by atoms with Gasteiger partial charge in [-0.1, -0.05) is 18.6 Å². The highest BCUT2D eigenvalue weighted by Gasteiger charge is 2.66. The number of hydrogen-bond acceptors (Lipinski definition) is 4. The molecular weight excluding hydrogens is 493 g/mol. The topological polar surface area (TPSA) is 64.1 Å². The lowest BCUT2D eigenvalue weighted by molar-refractivity contribution is -0.171. The number of rotatable bonds is 8. The molecule has 0 radical (unpaired) electrons. The Morgan fingerprint density at radius 1 is 1.30 bits per heavy atom. The Labute approximate surface area is 197 Å². The number of aryl methyl sites for hydroxylation is 1. The standard InChI is InChI=1S/C23H35N3O3.HI/c1-16-6-7-17(19(14-16)28-12-5-11-27-3)15-25-22(24-2)26-20-18-8-13-29-21(18)23(20)9-4-10-23;/h6-7,14,18,20-21H,4-5,8-13,15H2,1-3H3,(H2,24,25,26);1H. The van der Waals surface area contributed by atoms with Gasteiger partial charge in [-0.2, -0.15) is 0 Å². The van der Waals surface area contributed by atoms with E-state index in [1.807, 2.05) is 7.05 Å². The first-order valence-electron chi connectivity index (χ1n) is 11.0. The summed E-state index contributed by atoms with van der Waals surface area (Å²) in [6.45, 7) is 5.06. The molecule has 1 aromatic rings. The van der Waals surface area contributed by atoms with Crippen LogP contribution in [0.25, 0.3) is 0 Å². The SMILES string of the molecule is CN=C(NCc1ccc(C)cc1OCCCOC)NC1C2CCOC2C12CCC2.I. The lowest BCUT2D eigenvalue weighted by atomic mass is 9.46. The molecule has 1 aromatic carbocycles. The van der Waals surface area contributed by atoms with E-state index >= 15 is 0 Å². The van der Waals surface area contributed by atoms with E-state index in [-0.39, 0.29) is 24.0 Å². The molecule has 1 spiro atoms. The van der Waals surface area contributed by atoms with Crippen molar-refractivity contribution in [1.82, 2.24) is 10.6 Å². The van der Waals surface area contributed by atoms with Crippen molar-refractivity contribution >= 4 is 29.9 Å². The third-order valence-corrected chi connectivity index (χ3v) is 6.97. The minimum absolute atomic E-state index is 0. The summed E-state index contributed by atoms with van der Waals surface area (Å²) in [5.74, 6) is 2.44. The van der Waals surface area contributed by atoms with Gasteiger partial charge in [-0.15, -0.1) is 24.0 Å². The Morgan fingerprint density at radius 2 is 2.13 bits per heavy atom. The van der Waals surface area contributed by atoms with E-state index in [0.29, 0.717) is 43.2 Å². The average molecular weight is 529 g/mol. The number of hydrogen-bond donors (Lipinski definition) is 2. The maximum absolute atomic E-state index is 6.04. The highest BCUT2D eigenvalue weighted by Crippen LogP contribution is 2.62. The third-order valence-electron chi connectivity index (χ3n) is 6.97. The summed E-state index contributed by atoms with van der Waals surface area (Å²) in [6, 6.07) is 6.86. The van der Waals surface area contributed by atoms with Crippen molar-refractivity contribution in [1.29, 1.82) is 0 Å². The second-order valence-electron chi connectivity index (χ2n) is 8.68. The minimum atomic E-state index is 0. The van der Waals surface area contributed by atoms with Crippen LogP contribution >= 0.6 is 24.0 Å². The summed E-state index contributed by atoms with van der Waals surface area (Å²) in [5.41, 5.74) is 2.69. The summed E-state index contributed by atoms with van der Waals surface area (Å²) in [6.07, 6.45) is 6.40. The molecule has 1 saturated heterocycles. The van der Waals surface area contributed by atoms with Gasteiger partial charge in [-0.3, -0.25) is 4.99 Å². The van der Waals surface area contributed by atoms with Crippen molar-refractivity contribution in [3.8, 4) is 5.75 Å². The van der Waals surface area contributed by atoms with E-state index in [0.717, 1.165) is 30.3 Å². The molecule has 4 rings (SSSR count). The van der Waals surface area contributed by atoms with Gasteiger partial charge >= 0.3 is 0 Å². The van der Waals surface area contributed by atoms with Crippen LogP contribution in [0.4, 0.5) is 0 Å². The molecule has 3 aliphatic rings. The molecule has 3 atom stereocenters. The van der Waals surface area contributed by atoms with Gasteiger partial charge in [0.15, 0.2) is 5.96 Å². The van der Waals surface area contributed by atoms with Crippen molar-refractivity contribution in [2.75, 3.05) is 34.0 Å². The Morgan fingerprint density at radius 3 is 2.83 bits per heavy atom. The van der Waals surface area contributed by atoms with E-state index in [9.17, 15) is 0 Å². The second-order valence-corrected chi connectivity index (χ2v) is 8.68. The molecule has 3 fully saturated rings. The number of fused-ring (bicyclic) bond motifs is 2. The summed E-state index contributed by atoms with van der Waals surface area (Å²) in [5, 5.41) is 7.24. The van der Waals surface area contributed by atoms with Gasteiger partial charge in [0, 0.05) is 63.3 Å². The Bertz CT molecular complexity index is 738. The number of methoxy groups -OCH3 is 1. The fourth-order valence-electron chi connectivity index (χ4n) is 5.30. The molecule has 168 valence electrons. The van der Waals surface area contributed by atoms with Crippen LogP contribution < -0.4 is 15.4 Å². The molecular formula is C23H36IN3O3. The van der Waals surface area contributed by atoms with Gasteiger partial charge in [0.25, 0.3) is 0 Å². The molecule has 1 heterocycles. The normalized spacial score (nSPS) is 26.2. The van der Waals surface area contributed by atoms with Crippen molar-refractivity contribution < 1.29 is 14.2 Å². The molecule has 2 aliphatic carbocycles. The predicted octanol–water partition coefficient (Wildman–Crippen LogP) is 3.65. The van der Waals surface area contributed by atoms with Gasteiger partial charge < -0.3 is 24.8 Å². The molecule has 0 aromatic heterocycles. The predicted molar refractivity (Wildman–Crippen MR) is 130 cm³/mol. The number of halogens is 1. The second kappa shape index (κ2) is 10.5. The first-order valence-corrected chi connectivity index (χ1v) is 11.0. The van der Waals surface area contributed by atoms with Crippen LogP contribution in [0.1, 0.15) is 43.2 Å². The number of aliphatic imine (C=N–C) groups is 1. The molecule has 2 saturated carbocycles. The number of benzene rings is 1. The monoisotopic (exact) mass is 529 g/mol. The summed E-state index contributed by atoms with van der Waals surface area (Å²) < 4.78 is 17.2. The van der Waals surface area contributed by atoms with Gasteiger partial charge in [0.2, 0.25) is 0 Å². The van der Waals surface area contributed by atoms with Gasteiger partial charge in [-0.05, 0) is 37.8 Å². The zero-order valence-corrected chi connectivity index (χ0v) is 20.7. The van der Waals surface area contributed by atoms with Gasteiger partial charge in [-0.25, -0.2) is 0 Å². The maximum atomic E-state index is 6.04. The fraction of sp³-hybridized carbons (Fsp3) is 0.696. The highest BCUT2D eigenvalue weighted by molar-refractivity contribution is 14.0. The molecule has 7 heteroatoms. The van der Waals surface area contributed by atoms with E-state index in [4.69, 9.17) is 14.2 Å². The zero-order valence-electron chi connectivity index (χ0n) is 18.4. The fourth-order valence-corrected chi connectivity index (χ4v) is 5.30. The smallest absolute Gasteiger partial charge is 0.191 e. The van der Waals surface area contributed by atoms with Crippen LogP contribution in [0.2, 0.25) is 0 Å². The van der Waals surface area contributed by atoms with Crippen LogP contribution in [0.15, 0.2) is 23.2 Å². The first kappa shape index (κ1) is 23.6. The molecule has 2 N–H and O–H groups in total. The highest BCUT2D eigenvalue weighted by atomic mass is 127. The molecule has 0 amide bonds. The largest absolute Gasteiger partial charge is 0.493 e. The van der Waals surface area contributed by atoms with E-state index in [2.05, 4.69) is 40.7 Å². The van der Waals surface area contributed by atoms with Crippen LogP contribution in [-0.2, 0) is 16.0 Å². The lowest BCUT2D eigenvalue weighted by Gasteiger charge is -2.63. The minimum Gasteiger partial charge on any atom is -0.493 e. The van der Waals surface area contributed by atoms with E-state index in [1.54, 1.807) is 7.11 Å². The first-order chi connectivity index (χ1) is 14.2. The Balaban J connectivity index is 0.00000256. The van der Waals surface area contributed by atoms with Crippen LogP contribution in [-0.4, -0.2) is 52.1 Å². The van der Waals surface area contributed by atoms with Crippen molar-refractivity contribution in [2.24, 2.45) is 16.3 Å². The zero-order chi connectivity index (χ0) is 20.3. The molecule has 1 aliphatic heterocycles. The maximum Gasteiger partial charge on any atom is 0.191 e. The number of guanidine groups is 1. The van der Waals surface area contributed by atoms with Crippen molar-refractivity contribution in [3.63, 3.8) is 0 Å². The van der Waals surface area contributed by atoms with Crippen LogP contribution in [0.5, 0.6) is 5.75 Å². The third kappa shape index (κ3) is 4.58. The van der Waals surface area contributed by atoms with E-state index < -0.39 is 0 Å². The summed E-state index contributed by atoms with van der Waals surface area (Å²) in [7, 11) is 3.57. The number of nitrogens with zero attached hydrogens (tertiary/aromatic N) is 1. The molecule has 0 bridgehead atoms. The van der Waals surface area contributed by atoms with E-state index in [1.165, 1.54) is 31.2 Å². The Hall–Kier alpha value is -1.06. The van der Waals surface area contributed by atoms with Crippen molar-refractivity contribution in [2.45, 2.75) is 57.7 Å². The summed E-state index contributed by atoms with van der Waals surface area (Å²) in [4.78, 5) is 4.49. The number of nitrogens with one attached hydrogen (secondary N) is 2. The van der Waals surface area contributed by atoms with Gasteiger partial charge in [0.05, 0.1) is 12.7 Å². The van der Waals surface area contributed by atoms with Crippen molar-refractivity contribution in [3.05, 3.63) is 29.3 Å². The van der Waals surface area contributed by atoms with Crippen LogP contribution in [0.3, 0.4) is 0 Å². The number of ether oxygens (including phenoxy) is 3. The molecule has 3 unspecified atom stereocenters. The molecule has 30 heavy (non-hydrogen) atoms. The van der Waals surface area contributed by atoms with Crippen LogP contribution in [0, 0.1) is 18.3 Å². The quantitative estimate of drug-likeness (QED) is 0.233. The molecule has 6 nitrogen and oxygen atoms in total. The van der Waals surface area contributed by atoms with Gasteiger partial charge in [0.1, 0.15) is 5.75 Å². The lowest BCUT2D eigenvalue weighted by Crippen LogP contribution is -2.72. The Kier molecular flexibility index (Phi) is 8.26.